The van der Waals surface area contributed by atoms with Crippen molar-refractivity contribution in [2.45, 2.75) is 13.5 Å². The molecule has 1 heterocycles. The highest BCUT2D eigenvalue weighted by atomic mass is 16.2. The number of aliphatic hydroxyl groups is 1. The van der Waals surface area contributed by atoms with E-state index in [9.17, 15) is 4.79 Å². The molecule has 6 nitrogen and oxygen atoms in total. The Morgan fingerprint density at radius 3 is 3.05 bits per heavy atom. The molecule has 0 radical (unpaired) electrons. The van der Waals surface area contributed by atoms with E-state index in [1.165, 1.54) is 0 Å². The lowest BCUT2D eigenvalue weighted by atomic mass is 10.0. The maximum absolute atomic E-state index is 12.2. The molecule has 0 fully saturated rings. The Hall–Kier alpha value is -2.65. The molecule has 0 saturated heterocycles. The van der Waals surface area contributed by atoms with E-state index in [1.807, 2.05) is 13.0 Å². The minimum absolute atomic E-state index is 0.193. The summed E-state index contributed by atoms with van der Waals surface area (Å²) in [5.41, 5.74) is 2.09. The smallest absolute Gasteiger partial charge is 0.252 e. The first-order valence-electron chi connectivity index (χ1n) is 6.53. The fraction of sp³-hybridized carbons (Fsp3) is 0.267. The summed E-state index contributed by atoms with van der Waals surface area (Å²) in [4.78, 5) is 12.2. The molecular weight excluding hydrogens is 268 g/mol. The minimum atomic E-state index is -0.235. The number of amides is 1. The van der Waals surface area contributed by atoms with Gasteiger partial charge in [0.05, 0.1) is 18.3 Å². The van der Waals surface area contributed by atoms with Crippen LogP contribution in [0.25, 0.3) is 0 Å². The predicted octanol–water partition coefficient (Wildman–Crippen LogP) is 0.360. The Labute approximate surface area is 122 Å². The van der Waals surface area contributed by atoms with Gasteiger partial charge >= 0.3 is 0 Å². The van der Waals surface area contributed by atoms with E-state index < -0.39 is 0 Å². The zero-order valence-electron chi connectivity index (χ0n) is 11.7. The Balaban J connectivity index is 2.05. The van der Waals surface area contributed by atoms with Crippen LogP contribution in [0.2, 0.25) is 0 Å². The number of aryl methyl sites for hydroxylation is 1. The number of hydrogen-bond donors (Lipinski definition) is 2. The maximum Gasteiger partial charge on any atom is 0.252 e. The van der Waals surface area contributed by atoms with Crippen LogP contribution in [0.3, 0.4) is 0 Å². The summed E-state index contributed by atoms with van der Waals surface area (Å²) in [7, 11) is 0. The third-order valence-electron chi connectivity index (χ3n) is 2.82. The average Bonchev–Trinajstić information content (AvgIpc) is 2.99. The average molecular weight is 284 g/mol. The number of rotatable bonds is 4. The lowest BCUT2D eigenvalue weighted by Crippen LogP contribution is -2.28. The van der Waals surface area contributed by atoms with Gasteiger partial charge in [-0.25, -0.2) is 0 Å². The highest BCUT2D eigenvalue weighted by molar-refractivity contribution is 5.96. The molecule has 1 aromatic heterocycles. The van der Waals surface area contributed by atoms with Crippen LogP contribution < -0.4 is 5.32 Å². The highest BCUT2D eigenvalue weighted by Gasteiger charge is 2.10. The zero-order valence-corrected chi connectivity index (χ0v) is 11.7. The third-order valence-corrected chi connectivity index (χ3v) is 2.82. The molecule has 0 atom stereocenters. The van der Waals surface area contributed by atoms with Gasteiger partial charge in [0.15, 0.2) is 0 Å². The number of aromatic nitrogens is 3. The van der Waals surface area contributed by atoms with Crippen molar-refractivity contribution in [3.05, 3.63) is 47.3 Å². The molecule has 0 aliphatic rings. The number of nitrogens with one attached hydrogen (secondary N) is 1. The zero-order chi connectivity index (χ0) is 15.1. The number of benzene rings is 1. The van der Waals surface area contributed by atoms with E-state index in [1.54, 1.807) is 29.2 Å². The van der Waals surface area contributed by atoms with Gasteiger partial charge in [-0.1, -0.05) is 28.7 Å². The summed E-state index contributed by atoms with van der Waals surface area (Å²) in [5, 5.41) is 19.1. The van der Waals surface area contributed by atoms with E-state index in [0.29, 0.717) is 24.2 Å². The number of carbonyl (C=O) groups is 1. The first-order chi connectivity index (χ1) is 10.2. The van der Waals surface area contributed by atoms with Crippen LogP contribution in [0.4, 0.5) is 0 Å². The van der Waals surface area contributed by atoms with Gasteiger partial charge in [0.25, 0.3) is 5.91 Å². The van der Waals surface area contributed by atoms with Crippen LogP contribution in [-0.4, -0.2) is 39.2 Å². The Kier molecular flexibility index (Phi) is 5.07. The second kappa shape index (κ2) is 7.22. The first kappa shape index (κ1) is 14.8. The van der Waals surface area contributed by atoms with E-state index in [0.717, 1.165) is 5.56 Å². The summed E-state index contributed by atoms with van der Waals surface area (Å²) in [6.07, 6.45) is 3.32. The molecule has 0 bridgehead atoms. The highest BCUT2D eigenvalue weighted by Crippen LogP contribution is 2.10. The van der Waals surface area contributed by atoms with Crippen LogP contribution in [0.1, 0.15) is 21.5 Å². The normalized spacial score (nSPS) is 9.81. The summed E-state index contributed by atoms with van der Waals surface area (Å²) in [6, 6.07) is 5.45. The van der Waals surface area contributed by atoms with Gasteiger partial charge in [0.2, 0.25) is 0 Å². The standard InChI is InChI=1S/C15H16N4O2/c1-12-4-5-13(3-2-10-20)14(11-12)15(21)16-6-8-19-9-7-17-18-19/h4-5,7,9,11,20H,6,8,10H2,1H3,(H,16,21). The van der Waals surface area contributed by atoms with E-state index >= 15 is 0 Å². The van der Waals surface area contributed by atoms with Gasteiger partial charge in [0.1, 0.15) is 6.61 Å². The molecule has 6 heteroatoms. The maximum atomic E-state index is 12.2. The van der Waals surface area contributed by atoms with Crippen molar-refractivity contribution < 1.29 is 9.90 Å². The van der Waals surface area contributed by atoms with Crippen molar-refractivity contribution in [2.24, 2.45) is 0 Å². The van der Waals surface area contributed by atoms with Crippen molar-refractivity contribution in [2.75, 3.05) is 13.2 Å². The fourth-order valence-electron chi connectivity index (χ4n) is 1.82. The summed E-state index contributed by atoms with van der Waals surface area (Å²) >= 11 is 0. The summed E-state index contributed by atoms with van der Waals surface area (Å²) in [6.45, 7) is 2.68. The topological polar surface area (TPSA) is 80.0 Å². The van der Waals surface area contributed by atoms with Gasteiger partial charge in [-0.05, 0) is 19.1 Å². The van der Waals surface area contributed by atoms with Crippen LogP contribution in [0.5, 0.6) is 0 Å². The van der Waals surface area contributed by atoms with Gasteiger partial charge in [-0.2, -0.15) is 0 Å². The molecule has 0 aliphatic carbocycles. The Morgan fingerprint density at radius 1 is 1.48 bits per heavy atom. The summed E-state index contributed by atoms with van der Waals surface area (Å²) < 4.78 is 1.64. The van der Waals surface area contributed by atoms with E-state index in [-0.39, 0.29) is 12.5 Å². The largest absolute Gasteiger partial charge is 0.384 e. The Bertz CT molecular complexity index is 669. The summed E-state index contributed by atoms with van der Waals surface area (Å²) in [5.74, 6) is 5.15. The monoisotopic (exact) mass is 284 g/mol. The van der Waals surface area contributed by atoms with E-state index in [2.05, 4.69) is 27.5 Å². The fourth-order valence-corrected chi connectivity index (χ4v) is 1.82. The lowest BCUT2D eigenvalue weighted by Gasteiger charge is -2.08. The molecule has 0 aliphatic heterocycles. The van der Waals surface area contributed by atoms with Crippen LogP contribution in [0.15, 0.2) is 30.6 Å². The molecule has 0 spiro atoms. The molecule has 2 rings (SSSR count). The van der Waals surface area contributed by atoms with Crippen molar-refractivity contribution >= 4 is 5.91 Å². The molecule has 108 valence electrons. The molecule has 2 N–H and O–H groups in total. The SMILES string of the molecule is Cc1ccc(C#CCO)c(C(=O)NCCn2ccnn2)c1. The van der Waals surface area contributed by atoms with Crippen LogP contribution in [-0.2, 0) is 6.54 Å². The van der Waals surface area contributed by atoms with Crippen molar-refractivity contribution in [3.63, 3.8) is 0 Å². The molecular formula is C15H16N4O2. The second-order valence-corrected chi connectivity index (χ2v) is 4.43. The third kappa shape index (κ3) is 4.16. The Morgan fingerprint density at radius 2 is 2.33 bits per heavy atom. The quantitative estimate of drug-likeness (QED) is 0.795. The van der Waals surface area contributed by atoms with Gasteiger partial charge < -0.3 is 10.4 Å². The van der Waals surface area contributed by atoms with Gasteiger partial charge in [-0.15, -0.1) is 5.10 Å². The van der Waals surface area contributed by atoms with Crippen molar-refractivity contribution in [1.82, 2.24) is 20.3 Å². The molecule has 1 aromatic carbocycles. The number of aliphatic hydroxyl groups excluding tert-OH is 1. The molecule has 21 heavy (non-hydrogen) atoms. The first-order valence-corrected chi connectivity index (χ1v) is 6.53. The molecule has 1 amide bonds. The number of carbonyl (C=O) groups excluding carboxylic acids is 1. The van der Waals surface area contributed by atoms with E-state index in [4.69, 9.17) is 5.11 Å². The molecule has 0 saturated carbocycles. The lowest BCUT2D eigenvalue weighted by molar-refractivity contribution is 0.0951. The molecule has 0 unspecified atom stereocenters. The predicted molar refractivity (Wildman–Crippen MR) is 77.5 cm³/mol. The molecule has 2 aromatic rings. The van der Waals surface area contributed by atoms with Gasteiger partial charge in [-0.3, -0.25) is 9.48 Å². The minimum Gasteiger partial charge on any atom is -0.384 e. The van der Waals surface area contributed by atoms with Crippen molar-refractivity contribution in [3.8, 4) is 11.8 Å². The second-order valence-electron chi connectivity index (χ2n) is 4.43. The van der Waals surface area contributed by atoms with Crippen LogP contribution in [0, 0.1) is 18.8 Å². The number of nitrogens with zero attached hydrogens (tertiary/aromatic N) is 3. The van der Waals surface area contributed by atoms with Crippen molar-refractivity contribution in [1.29, 1.82) is 0 Å². The van der Waals surface area contributed by atoms with Crippen LogP contribution >= 0.6 is 0 Å². The van der Waals surface area contributed by atoms with Gasteiger partial charge in [0, 0.05) is 18.3 Å². The number of hydrogen-bond acceptors (Lipinski definition) is 4.